The van der Waals surface area contributed by atoms with Crippen molar-refractivity contribution < 1.29 is 5.11 Å². The predicted molar refractivity (Wildman–Crippen MR) is 100 cm³/mol. The molecule has 1 aliphatic rings. The van der Waals surface area contributed by atoms with Crippen LogP contribution in [0, 0.1) is 6.92 Å². The average Bonchev–Trinajstić information content (AvgIpc) is 3.03. The van der Waals surface area contributed by atoms with E-state index < -0.39 is 0 Å². The van der Waals surface area contributed by atoms with Crippen molar-refractivity contribution in [2.45, 2.75) is 38.8 Å². The molecule has 1 fully saturated rings. The van der Waals surface area contributed by atoms with Gasteiger partial charge in [0.05, 0.1) is 5.69 Å². The molecule has 0 aromatic carbocycles. The molecule has 1 saturated heterocycles. The Balaban J connectivity index is 1.56. The quantitative estimate of drug-likeness (QED) is 0.739. The van der Waals surface area contributed by atoms with Crippen molar-refractivity contribution in [2.24, 2.45) is 7.05 Å². The molecule has 0 spiro atoms. The summed E-state index contributed by atoms with van der Waals surface area (Å²) in [6.07, 6.45) is 3.85. The molecule has 8 nitrogen and oxygen atoms in total. The lowest BCUT2D eigenvalue weighted by molar-refractivity contribution is 0.192. The van der Waals surface area contributed by atoms with Crippen LogP contribution >= 0.6 is 0 Å². The SMILES string of the molecule is Cc1cccn2c(=O)cc(CN3CCCC(c4nnc(CO)n4C)C3)nc12. The number of likely N-dealkylation sites (tertiary alicyclic amines) is 1. The number of aryl methyl sites for hydroxylation is 1. The topological polar surface area (TPSA) is 88.5 Å². The normalized spacial score (nSPS) is 18.3. The molecule has 0 radical (unpaired) electrons. The Kier molecular flexibility index (Phi) is 4.75. The van der Waals surface area contributed by atoms with E-state index in [0.29, 0.717) is 12.4 Å². The zero-order valence-corrected chi connectivity index (χ0v) is 15.7. The average molecular weight is 368 g/mol. The largest absolute Gasteiger partial charge is 0.388 e. The Morgan fingerprint density at radius 3 is 2.96 bits per heavy atom. The van der Waals surface area contributed by atoms with Gasteiger partial charge in [0.1, 0.15) is 18.1 Å². The van der Waals surface area contributed by atoms with E-state index in [0.717, 1.165) is 48.7 Å². The number of pyridine rings is 1. The molecule has 3 aromatic heterocycles. The number of piperidine rings is 1. The lowest BCUT2D eigenvalue weighted by atomic mass is 9.97. The van der Waals surface area contributed by atoms with E-state index in [1.807, 2.05) is 30.7 Å². The van der Waals surface area contributed by atoms with Crippen molar-refractivity contribution >= 4 is 5.65 Å². The van der Waals surface area contributed by atoms with Crippen molar-refractivity contribution in [3.8, 4) is 0 Å². The Bertz CT molecular complexity index is 1020. The standard InChI is InChI=1S/C19H24N6O2/c1-13-5-3-8-25-17(27)9-15(20-18(13)25)11-24-7-4-6-14(10-24)19-22-21-16(12-26)23(19)2/h3,5,8-9,14,26H,4,6-7,10-12H2,1-2H3. The van der Waals surface area contributed by atoms with Crippen molar-refractivity contribution in [2.75, 3.05) is 13.1 Å². The van der Waals surface area contributed by atoms with E-state index in [-0.39, 0.29) is 18.1 Å². The molecule has 0 aliphatic carbocycles. The van der Waals surface area contributed by atoms with E-state index in [2.05, 4.69) is 15.1 Å². The first-order chi connectivity index (χ1) is 13.1. The number of hydrogen-bond acceptors (Lipinski definition) is 6. The maximum atomic E-state index is 12.4. The fraction of sp³-hybridized carbons (Fsp3) is 0.474. The fourth-order valence-corrected chi connectivity index (χ4v) is 3.90. The van der Waals surface area contributed by atoms with Crippen molar-refractivity contribution in [3.05, 3.63) is 57.7 Å². The first-order valence-corrected chi connectivity index (χ1v) is 9.26. The molecule has 142 valence electrons. The van der Waals surface area contributed by atoms with Gasteiger partial charge in [-0.25, -0.2) is 4.98 Å². The first-order valence-electron chi connectivity index (χ1n) is 9.26. The molecule has 27 heavy (non-hydrogen) atoms. The van der Waals surface area contributed by atoms with Gasteiger partial charge in [-0.05, 0) is 37.9 Å². The summed E-state index contributed by atoms with van der Waals surface area (Å²) in [6.45, 7) is 4.31. The maximum Gasteiger partial charge on any atom is 0.258 e. The minimum absolute atomic E-state index is 0.0480. The summed E-state index contributed by atoms with van der Waals surface area (Å²) in [4.78, 5) is 19.5. The van der Waals surface area contributed by atoms with Gasteiger partial charge in [0.2, 0.25) is 0 Å². The highest BCUT2D eigenvalue weighted by Crippen LogP contribution is 2.26. The zero-order valence-electron chi connectivity index (χ0n) is 15.7. The van der Waals surface area contributed by atoms with Gasteiger partial charge in [-0.2, -0.15) is 0 Å². The molecule has 0 saturated carbocycles. The number of aliphatic hydroxyl groups excluding tert-OH is 1. The summed E-state index contributed by atoms with van der Waals surface area (Å²) < 4.78 is 3.48. The number of hydrogen-bond donors (Lipinski definition) is 1. The summed E-state index contributed by atoms with van der Waals surface area (Å²) in [5.41, 5.74) is 2.45. The van der Waals surface area contributed by atoms with Crippen LogP contribution in [0.4, 0.5) is 0 Å². The van der Waals surface area contributed by atoms with Crippen LogP contribution in [0.15, 0.2) is 29.2 Å². The van der Waals surface area contributed by atoms with E-state index in [4.69, 9.17) is 4.98 Å². The van der Waals surface area contributed by atoms with Crippen molar-refractivity contribution in [1.82, 2.24) is 29.0 Å². The van der Waals surface area contributed by atoms with Gasteiger partial charge in [-0.1, -0.05) is 6.07 Å². The Labute approximate surface area is 157 Å². The van der Waals surface area contributed by atoms with E-state index >= 15 is 0 Å². The van der Waals surface area contributed by atoms with Crippen LogP contribution in [-0.2, 0) is 20.2 Å². The Morgan fingerprint density at radius 2 is 2.19 bits per heavy atom. The zero-order chi connectivity index (χ0) is 19.0. The summed E-state index contributed by atoms with van der Waals surface area (Å²) in [5, 5.41) is 17.7. The van der Waals surface area contributed by atoms with Crippen LogP contribution in [0.3, 0.4) is 0 Å². The van der Waals surface area contributed by atoms with Gasteiger partial charge in [-0.3, -0.25) is 14.1 Å². The van der Waals surface area contributed by atoms with Crippen LogP contribution in [0.2, 0.25) is 0 Å². The maximum absolute atomic E-state index is 12.4. The molecule has 0 amide bonds. The molecule has 0 bridgehead atoms. The summed E-state index contributed by atoms with van der Waals surface area (Å²) >= 11 is 0. The third-order valence-corrected chi connectivity index (χ3v) is 5.34. The van der Waals surface area contributed by atoms with E-state index in [1.54, 1.807) is 16.7 Å². The monoisotopic (exact) mass is 368 g/mol. The minimum atomic E-state index is -0.107. The van der Waals surface area contributed by atoms with Gasteiger partial charge in [0.25, 0.3) is 5.56 Å². The summed E-state index contributed by atoms with van der Waals surface area (Å²) in [6, 6.07) is 5.46. The Morgan fingerprint density at radius 1 is 1.33 bits per heavy atom. The molecule has 4 heterocycles. The number of nitrogens with zero attached hydrogens (tertiary/aromatic N) is 6. The van der Waals surface area contributed by atoms with Crippen LogP contribution < -0.4 is 5.56 Å². The van der Waals surface area contributed by atoms with Gasteiger partial charge in [0.15, 0.2) is 5.82 Å². The van der Waals surface area contributed by atoms with Gasteiger partial charge in [-0.15, -0.1) is 10.2 Å². The fourth-order valence-electron chi connectivity index (χ4n) is 3.90. The minimum Gasteiger partial charge on any atom is -0.388 e. The van der Waals surface area contributed by atoms with Crippen molar-refractivity contribution in [3.63, 3.8) is 0 Å². The van der Waals surface area contributed by atoms with Gasteiger partial charge in [0, 0.05) is 38.3 Å². The molecule has 1 unspecified atom stereocenters. The molecule has 3 aromatic rings. The predicted octanol–water partition coefficient (Wildman–Crippen LogP) is 1.00. The second-order valence-electron chi connectivity index (χ2n) is 7.24. The molecular weight excluding hydrogens is 344 g/mol. The summed E-state index contributed by atoms with van der Waals surface area (Å²) in [7, 11) is 1.90. The van der Waals surface area contributed by atoms with Gasteiger partial charge < -0.3 is 9.67 Å². The third-order valence-electron chi connectivity index (χ3n) is 5.34. The summed E-state index contributed by atoms with van der Waals surface area (Å²) in [5.74, 6) is 1.76. The first kappa shape index (κ1) is 17.8. The number of fused-ring (bicyclic) bond motifs is 1. The van der Waals surface area contributed by atoms with Crippen LogP contribution in [0.5, 0.6) is 0 Å². The number of aromatic nitrogens is 5. The molecule has 1 N–H and O–H groups in total. The molecule has 8 heteroatoms. The molecular formula is C19H24N6O2. The second kappa shape index (κ2) is 7.21. The van der Waals surface area contributed by atoms with Gasteiger partial charge >= 0.3 is 0 Å². The van der Waals surface area contributed by atoms with E-state index in [1.165, 1.54) is 0 Å². The third kappa shape index (κ3) is 3.38. The van der Waals surface area contributed by atoms with Crippen LogP contribution in [0.1, 0.15) is 41.7 Å². The van der Waals surface area contributed by atoms with Crippen LogP contribution in [0.25, 0.3) is 5.65 Å². The molecule has 4 rings (SSSR count). The molecule has 1 atom stereocenters. The number of rotatable bonds is 4. The lowest BCUT2D eigenvalue weighted by Gasteiger charge is -2.31. The Hall–Kier alpha value is -2.58. The highest BCUT2D eigenvalue weighted by atomic mass is 16.3. The lowest BCUT2D eigenvalue weighted by Crippen LogP contribution is -2.35. The molecule has 1 aliphatic heterocycles. The highest BCUT2D eigenvalue weighted by Gasteiger charge is 2.26. The highest BCUT2D eigenvalue weighted by molar-refractivity contribution is 5.46. The van der Waals surface area contributed by atoms with E-state index in [9.17, 15) is 9.90 Å². The second-order valence-corrected chi connectivity index (χ2v) is 7.24. The van der Waals surface area contributed by atoms with Crippen LogP contribution in [-0.4, -0.2) is 47.2 Å². The van der Waals surface area contributed by atoms with Crippen molar-refractivity contribution in [1.29, 1.82) is 0 Å². The smallest absolute Gasteiger partial charge is 0.258 e. The number of aliphatic hydroxyl groups is 1.